The molecule has 0 aromatic heterocycles. The van der Waals surface area contributed by atoms with Crippen LogP contribution in [-0.4, -0.2) is 48.8 Å². The summed E-state index contributed by atoms with van der Waals surface area (Å²) >= 11 is 0. The molecule has 1 rings (SSSR count). The maximum atomic E-state index is 12.7. The topological polar surface area (TPSA) is 66.6 Å². The summed E-state index contributed by atoms with van der Waals surface area (Å²) in [5.74, 6) is -0.341. The molecule has 0 aliphatic carbocycles. The molecule has 1 aromatic rings. The molecular weight excluding hydrogens is 266 g/mol. The smallest absolute Gasteiger partial charge is 0.247 e. The lowest BCUT2D eigenvalue weighted by Crippen LogP contribution is -2.53. The predicted molar refractivity (Wildman–Crippen MR) is 83.5 cm³/mol. The first-order valence-corrected chi connectivity index (χ1v) is 7.14. The molecule has 0 aliphatic rings. The first-order chi connectivity index (χ1) is 9.80. The zero-order valence-electron chi connectivity index (χ0n) is 13.3. The van der Waals surface area contributed by atoms with Crippen LogP contribution in [-0.2, 0) is 15.1 Å². The average molecular weight is 291 g/mol. The fourth-order valence-corrected chi connectivity index (χ4v) is 2.06. The largest absolute Gasteiger partial charge is 0.347 e. The molecule has 1 aromatic carbocycles. The van der Waals surface area contributed by atoms with Gasteiger partial charge in [-0.25, -0.2) is 0 Å². The lowest BCUT2D eigenvalue weighted by molar-refractivity contribution is -0.142. The minimum atomic E-state index is -1.14. The molecule has 116 valence electrons. The Balaban J connectivity index is 2.97. The summed E-state index contributed by atoms with van der Waals surface area (Å²) in [5.41, 5.74) is 5.86. The molecule has 2 N–H and O–H groups in total. The standard InChI is InChI=1S/C16H25N3O2/c1-5-11-19(12-14(20)18(3)4)15(21)16(2,17)13-9-7-6-8-10-13/h6-10H,5,11-12,17H2,1-4H3. The van der Waals surface area contributed by atoms with Crippen molar-refractivity contribution in [2.24, 2.45) is 5.73 Å². The van der Waals surface area contributed by atoms with Crippen LogP contribution in [0, 0.1) is 0 Å². The van der Waals surface area contributed by atoms with E-state index < -0.39 is 5.54 Å². The fourth-order valence-electron chi connectivity index (χ4n) is 2.06. The molecule has 5 heteroatoms. The van der Waals surface area contributed by atoms with Gasteiger partial charge in [0, 0.05) is 20.6 Å². The average Bonchev–Trinajstić information content (AvgIpc) is 2.46. The van der Waals surface area contributed by atoms with Crippen molar-refractivity contribution in [3.8, 4) is 0 Å². The zero-order chi connectivity index (χ0) is 16.0. The van der Waals surface area contributed by atoms with E-state index in [0.717, 1.165) is 12.0 Å². The van der Waals surface area contributed by atoms with Gasteiger partial charge in [-0.3, -0.25) is 9.59 Å². The predicted octanol–water partition coefficient (Wildman–Crippen LogP) is 1.19. The highest BCUT2D eigenvalue weighted by molar-refractivity contribution is 5.90. The van der Waals surface area contributed by atoms with Gasteiger partial charge in [-0.2, -0.15) is 0 Å². The number of hydrogen-bond acceptors (Lipinski definition) is 3. The van der Waals surface area contributed by atoms with Gasteiger partial charge in [0.15, 0.2) is 0 Å². The van der Waals surface area contributed by atoms with Gasteiger partial charge >= 0.3 is 0 Å². The third kappa shape index (κ3) is 4.29. The highest BCUT2D eigenvalue weighted by atomic mass is 16.2. The molecule has 0 spiro atoms. The SMILES string of the molecule is CCCN(CC(=O)N(C)C)C(=O)C(C)(N)c1ccccc1. The number of carbonyl (C=O) groups is 2. The van der Waals surface area contributed by atoms with Gasteiger partial charge in [-0.15, -0.1) is 0 Å². The van der Waals surface area contributed by atoms with Gasteiger partial charge in [0.2, 0.25) is 11.8 Å². The number of hydrogen-bond donors (Lipinski definition) is 1. The van der Waals surface area contributed by atoms with Crippen LogP contribution in [0.5, 0.6) is 0 Å². The molecule has 21 heavy (non-hydrogen) atoms. The number of carbonyl (C=O) groups excluding carboxylic acids is 2. The summed E-state index contributed by atoms with van der Waals surface area (Å²) in [5, 5.41) is 0. The van der Waals surface area contributed by atoms with Crippen molar-refractivity contribution in [2.75, 3.05) is 27.2 Å². The van der Waals surface area contributed by atoms with E-state index in [9.17, 15) is 9.59 Å². The molecule has 2 amide bonds. The van der Waals surface area contributed by atoms with Crippen molar-refractivity contribution in [3.05, 3.63) is 35.9 Å². The lowest BCUT2D eigenvalue weighted by Gasteiger charge is -2.32. The van der Waals surface area contributed by atoms with E-state index >= 15 is 0 Å². The van der Waals surface area contributed by atoms with E-state index in [1.807, 2.05) is 37.3 Å². The van der Waals surface area contributed by atoms with Crippen molar-refractivity contribution in [3.63, 3.8) is 0 Å². The summed E-state index contributed by atoms with van der Waals surface area (Å²) in [4.78, 5) is 27.6. The van der Waals surface area contributed by atoms with Gasteiger partial charge in [0.1, 0.15) is 5.54 Å². The molecule has 1 unspecified atom stereocenters. The van der Waals surface area contributed by atoms with Crippen LogP contribution < -0.4 is 5.73 Å². The quantitative estimate of drug-likeness (QED) is 0.856. The van der Waals surface area contributed by atoms with Crippen LogP contribution in [0.25, 0.3) is 0 Å². The second kappa shape index (κ2) is 7.22. The van der Waals surface area contributed by atoms with Gasteiger partial charge in [-0.05, 0) is 18.9 Å². The van der Waals surface area contributed by atoms with E-state index in [-0.39, 0.29) is 18.4 Å². The second-order valence-electron chi connectivity index (χ2n) is 5.58. The number of nitrogens with two attached hydrogens (primary N) is 1. The Bertz CT molecular complexity index is 484. The van der Waals surface area contributed by atoms with Crippen molar-refractivity contribution in [2.45, 2.75) is 25.8 Å². The first kappa shape index (κ1) is 17.2. The maximum absolute atomic E-state index is 12.7. The van der Waals surface area contributed by atoms with E-state index in [4.69, 9.17) is 5.73 Å². The summed E-state index contributed by atoms with van der Waals surface area (Å²) in [7, 11) is 3.35. The van der Waals surface area contributed by atoms with Gasteiger partial charge < -0.3 is 15.5 Å². The molecule has 0 fully saturated rings. The van der Waals surface area contributed by atoms with E-state index in [1.54, 1.807) is 21.0 Å². The number of likely N-dealkylation sites (N-methyl/N-ethyl adjacent to an activating group) is 1. The number of benzene rings is 1. The Morgan fingerprint density at radius 3 is 2.24 bits per heavy atom. The maximum Gasteiger partial charge on any atom is 0.247 e. The van der Waals surface area contributed by atoms with Crippen molar-refractivity contribution in [1.82, 2.24) is 9.80 Å². The Kier molecular flexibility index (Phi) is 5.90. The summed E-state index contributed by atoms with van der Waals surface area (Å²) < 4.78 is 0. The van der Waals surface area contributed by atoms with Crippen LogP contribution in [0.15, 0.2) is 30.3 Å². The van der Waals surface area contributed by atoms with Crippen molar-refractivity contribution >= 4 is 11.8 Å². The van der Waals surface area contributed by atoms with Crippen LogP contribution in [0.4, 0.5) is 0 Å². The van der Waals surface area contributed by atoms with Crippen LogP contribution >= 0.6 is 0 Å². The highest BCUT2D eigenvalue weighted by Gasteiger charge is 2.35. The molecule has 0 saturated carbocycles. The summed E-state index contributed by atoms with van der Waals surface area (Å²) in [6, 6.07) is 9.24. The Morgan fingerprint density at radius 2 is 1.76 bits per heavy atom. The normalized spacial score (nSPS) is 13.4. The third-order valence-corrected chi connectivity index (χ3v) is 3.42. The molecule has 5 nitrogen and oxygen atoms in total. The van der Waals surface area contributed by atoms with Gasteiger partial charge in [0.25, 0.3) is 0 Å². The van der Waals surface area contributed by atoms with Crippen molar-refractivity contribution in [1.29, 1.82) is 0 Å². The lowest BCUT2D eigenvalue weighted by atomic mass is 9.91. The molecule has 0 saturated heterocycles. The van der Waals surface area contributed by atoms with Crippen LogP contribution in [0.2, 0.25) is 0 Å². The third-order valence-electron chi connectivity index (χ3n) is 3.42. The summed E-state index contributed by atoms with van der Waals surface area (Å²) in [6.45, 7) is 4.22. The number of rotatable bonds is 6. The van der Waals surface area contributed by atoms with Crippen LogP contribution in [0.3, 0.4) is 0 Å². The minimum Gasteiger partial charge on any atom is -0.347 e. The fraction of sp³-hybridized carbons (Fsp3) is 0.500. The highest BCUT2D eigenvalue weighted by Crippen LogP contribution is 2.20. The Morgan fingerprint density at radius 1 is 1.19 bits per heavy atom. The van der Waals surface area contributed by atoms with Crippen molar-refractivity contribution < 1.29 is 9.59 Å². The van der Waals surface area contributed by atoms with Crippen LogP contribution in [0.1, 0.15) is 25.8 Å². The monoisotopic (exact) mass is 291 g/mol. The Labute approximate surface area is 126 Å². The Hall–Kier alpha value is -1.88. The molecular formula is C16H25N3O2. The molecule has 1 atom stereocenters. The molecule has 0 aliphatic heterocycles. The summed E-state index contributed by atoms with van der Waals surface area (Å²) in [6.07, 6.45) is 0.775. The van der Waals surface area contributed by atoms with E-state index in [0.29, 0.717) is 6.54 Å². The number of amides is 2. The number of nitrogens with zero attached hydrogens (tertiary/aromatic N) is 2. The second-order valence-corrected chi connectivity index (χ2v) is 5.58. The molecule has 0 bridgehead atoms. The van der Waals surface area contributed by atoms with E-state index in [2.05, 4.69) is 0 Å². The molecule has 0 radical (unpaired) electrons. The molecule has 0 heterocycles. The van der Waals surface area contributed by atoms with Gasteiger partial charge in [0.05, 0.1) is 6.54 Å². The minimum absolute atomic E-state index is 0.0549. The van der Waals surface area contributed by atoms with Gasteiger partial charge in [-0.1, -0.05) is 37.3 Å². The zero-order valence-corrected chi connectivity index (χ0v) is 13.3. The van der Waals surface area contributed by atoms with E-state index in [1.165, 1.54) is 9.80 Å². The first-order valence-electron chi connectivity index (χ1n) is 7.14.